The number of para-hydroxylation sites is 1. The van der Waals surface area contributed by atoms with E-state index in [0.717, 1.165) is 30.2 Å². The van der Waals surface area contributed by atoms with Gasteiger partial charge < -0.3 is 10.5 Å². The summed E-state index contributed by atoms with van der Waals surface area (Å²) in [5.74, 6) is 1.98. The summed E-state index contributed by atoms with van der Waals surface area (Å²) in [7, 11) is 0. The fourth-order valence-electron chi connectivity index (χ4n) is 1.72. The van der Waals surface area contributed by atoms with Crippen LogP contribution in [0.15, 0.2) is 53.4 Å². The molecule has 0 bridgehead atoms. The van der Waals surface area contributed by atoms with Crippen molar-refractivity contribution in [1.82, 2.24) is 0 Å². The lowest BCUT2D eigenvalue weighted by atomic mass is 10.2. The number of nitrogens with two attached hydrogens (primary N) is 1. The zero-order chi connectivity index (χ0) is 13.5. The summed E-state index contributed by atoms with van der Waals surface area (Å²) in [4.78, 5) is 1.26. The molecule has 0 fully saturated rings. The van der Waals surface area contributed by atoms with Crippen LogP contribution in [-0.4, -0.2) is 12.4 Å². The second kappa shape index (κ2) is 7.10. The highest BCUT2D eigenvalue weighted by molar-refractivity contribution is 7.99. The highest BCUT2D eigenvalue weighted by atomic mass is 32.2. The number of anilines is 1. The minimum absolute atomic E-state index is 0.748. The molecule has 0 amide bonds. The molecule has 0 aliphatic heterocycles. The van der Waals surface area contributed by atoms with Gasteiger partial charge in [0.1, 0.15) is 5.75 Å². The molecule has 0 saturated carbocycles. The Hall–Kier alpha value is -1.61. The van der Waals surface area contributed by atoms with Gasteiger partial charge in [0.15, 0.2) is 0 Å². The second-order valence-corrected chi connectivity index (χ2v) is 5.53. The number of benzene rings is 2. The van der Waals surface area contributed by atoms with E-state index in [-0.39, 0.29) is 0 Å². The summed E-state index contributed by atoms with van der Waals surface area (Å²) < 4.78 is 5.66. The minimum Gasteiger partial charge on any atom is -0.494 e. The average Bonchev–Trinajstić information content (AvgIpc) is 2.43. The fourth-order valence-corrected chi connectivity index (χ4v) is 2.72. The first-order valence-electron chi connectivity index (χ1n) is 6.42. The SMILES string of the molecule is Cc1ccc(N)cc1SCCCOc1ccccc1. The Morgan fingerprint density at radius 1 is 1.11 bits per heavy atom. The Morgan fingerprint density at radius 2 is 1.89 bits per heavy atom. The average molecular weight is 273 g/mol. The highest BCUT2D eigenvalue weighted by Gasteiger charge is 2.00. The van der Waals surface area contributed by atoms with Crippen molar-refractivity contribution >= 4 is 17.4 Å². The topological polar surface area (TPSA) is 35.2 Å². The number of aryl methyl sites for hydroxylation is 1. The Kier molecular flexibility index (Phi) is 5.16. The maximum Gasteiger partial charge on any atom is 0.119 e. The van der Waals surface area contributed by atoms with E-state index in [2.05, 4.69) is 13.0 Å². The standard InChI is InChI=1S/C16H19NOS/c1-13-8-9-14(17)12-16(13)19-11-5-10-18-15-6-3-2-4-7-15/h2-4,6-9,12H,5,10-11,17H2,1H3. The highest BCUT2D eigenvalue weighted by Crippen LogP contribution is 2.25. The van der Waals surface area contributed by atoms with Crippen LogP contribution in [0.5, 0.6) is 5.75 Å². The van der Waals surface area contributed by atoms with Gasteiger partial charge in [0, 0.05) is 16.3 Å². The lowest BCUT2D eigenvalue weighted by Gasteiger charge is -2.08. The van der Waals surface area contributed by atoms with Gasteiger partial charge in [0.25, 0.3) is 0 Å². The van der Waals surface area contributed by atoms with Crippen LogP contribution in [0.3, 0.4) is 0 Å². The van der Waals surface area contributed by atoms with Crippen molar-refractivity contribution < 1.29 is 4.74 Å². The van der Waals surface area contributed by atoms with Crippen molar-refractivity contribution in [3.8, 4) is 5.75 Å². The van der Waals surface area contributed by atoms with E-state index >= 15 is 0 Å². The van der Waals surface area contributed by atoms with Crippen LogP contribution in [-0.2, 0) is 0 Å². The van der Waals surface area contributed by atoms with Crippen molar-refractivity contribution in [2.75, 3.05) is 18.1 Å². The molecule has 3 heteroatoms. The monoisotopic (exact) mass is 273 g/mol. The zero-order valence-electron chi connectivity index (χ0n) is 11.1. The van der Waals surface area contributed by atoms with E-state index in [1.807, 2.05) is 54.2 Å². The van der Waals surface area contributed by atoms with Gasteiger partial charge in [0.05, 0.1) is 6.61 Å². The van der Waals surface area contributed by atoms with E-state index in [0.29, 0.717) is 0 Å². The van der Waals surface area contributed by atoms with Crippen LogP contribution >= 0.6 is 11.8 Å². The maximum atomic E-state index is 5.80. The summed E-state index contributed by atoms with van der Waals surface area (Å²) in [5, 5.41) is 0. The Labute approximate surface area is 119 Å². The Balaban J connectivity index is 1.71. The van der Waals surface area contributed by atoms with Crippen molar-refractivity contribution in [1.29, 1.82) is 0 Å². The minimum atomic E-state index is 0.748. The van der Waals surface area contributed by atoms with E-state index in [1.165, 1.54) is 10.5 Å². The molecule has 2 rings (SSSR count). The summed E-state index contributed by atoms with van der Waals surface area (Å²) in [6, 6.07) is 16.0. The molecule has 2 aromatic carbocycles. The Morgan fingerprint density at radius 3 is 2.68 bits per heavy atom. The summed E-state index contributed by atoms with van der Waals surface area (Å²) in [5.41, 5.74) is 7.90. The number of rotatable bonds is 6. The summed E-state index contributed by atoms with van der Waals surface area (Å²) >= 11 is 1.84. The predicted octanol–water partition coefficient (Wildman–Crippen LogP) is 4.14. The first-order valence-corrected chi connectivity index (χ1v) is 7.41. The largest absolute Gasteiger partial charge is 0.494 e. The third kappa shape index (κ3) is 4.52. The summed E-state index contributed by atoms with van der Waals surface area (Å²) in [6.07, 6.45) is 1.02. The lowest BCUT2D eigenvalue weighted by Crippen LogP contribution is -1.98. The first-order chi connectivity index (χ1) is 9.25. The van der Waals surface area contributed by atoms with Gasteiger partial charge in [-0.25, -0.2) is 0 Å². The molecule has 19 heavy (non-hydrogen) atoms. The van der Waals surface area contributed by atoms with Crippen molar-refractivity contribution in [3.05, 3.63) is 54.1 Å². The van der Waals surface area contributed by atoms with Crippen molar-refractivity contribution in [2.45, 2.75) is 18.2 Å². The van der Waals surface area contributed by atoms with E-state index in [1.54, 1.807) is 0 Å². The summed E-state index contributed by atoms with van der Waals surface area (Å²) in [6.45, 7) is 2.86. The molecule has 0 aliphatic carbocycles. The molecular weight excluding hydrogens is 254 g/mol. The molecule has 0 spiro atoms. The van der Waals surface area contributed by atoms with Gasteiger partial charge in [0.2, 0.25) is 0 Å². The molecule has 0 unspecified atom stereocenters. The lowest BCUT2D eigenvalue weighted by molar-refractivity contribution is 0.318. The molecule has 100 valence electrons. The number of nitrogen functional groups attached to an aromatic ring is 1. The van der Waals surface area contributed by atoms with Gasteiger partial charge in [-0.05, 0) is 43.2 Å². The molecular formula is C16H19NOS. The third-order valence-corrected chi connectivity index (χ3v) is 4.01. The van der Waals surface area contributed by atoms with Gasteiger partial charge in [-0.3, -0.25) is 0 Å². The van der Waals surface area contributed by atoms with E-state index in [9.17, 15) is 0 Å². The van der Waals surface area contributed by atoms with Crippen LogP contribution < -0.4 is 10.5 Å². The molecule has 0 radical (unpaired) electrons. The van der Waals surface area contributed by atoms with Gasteiger partial charge >= 0.3 is 0 Å². The van der Waals surface area contributed by atoms with Crippen LogP contribution in [0.1, 0.15) is 12.0 Å². The van der Waals surface area contributed by atoms with Crippen LogP contribution in [0.2, 0.25) is 0 Å². The smallest absolute Gasteiger partial charge is 0.119 e. The first kappa shape index (κ1) is 13.8. The molecule has 0 aromatic heterocycles. The van der Waals surface area contributed by atoms with E-state index < -0.39 is 0 Å². The quantitative estimate of drug-likeness (QED) is 0.488. The molecule has 2 aromatic rings. The van der Waals surface area contributed by atoms with Crippen LogP contribution in [0.4, 0.5) is 5.69 Å². The number of thioether (sulfide) groups is 1. The molecule has 0 heterocycles. The van der Waals surface area contributed by atoms with Crippen LogP contribution in [0.25, 0.3) is 0 Å². The van der Waals surface area contributed by atoms with E-state index in [4.69, 9.17) is 10.5 Å². The molecule has 0 atom stereocenters. The van der Waals surface area contributed by atoms with Gasteiger partial charge in [-0.15, -0.1) is 11.8 Å². The van der Waals surface area contributed by atoms with Gasteiger partial charge in [-0.2, -0.15) is 0 Å². The fraction of sp³-hybridized carbons (Fsp3) is 0.250. The number of hydrogen-bond acceptors (Lipinski definition) is 3. The van der Waals surface area contributed by atoms with Crippen molar-refractivity contribution in [2.24, 2.45) is 0 Å². The predicted molar refractivity (Wildman–Crippen MR) is 82.9 cm³/mol. The van der Waals surface area contributed by atoms with Crippen molar-refractivity contribution in [3.63, 3.8) is 0 Å². The molecule has 0 saturated heterocycles. The maximum absolute atomic E-state index is 5.80. The van der Waals surface area contributed by atoms with Crippen LogP contribution in [0, 0.1) is 6.92 Å². The van der Waals surface area contributed by atoms with Gasteiger partial charge in [-0.1, -0.05) is 24.3 Å². The Bertz CT molecular complexity index is 513. The second-order valence-electron chi connectivity index (χ2n) is 4.39. The normalized spacial score (nSPS) is 10.4. The number of hydrogen-bond donors (Lipinski definition) is 1. The number of ether oxygens (including phenoxy) is 1. The molecule has 0 aliphatic rings. The molecule has 2 nitrogen and oxygen atoms in total. The zero-order valence-corrected chi connectivity index (χ0v) is 12.0. The molecule has 2 N–H and O–H groups in total. The third-order valence-electron chi connectivity index (χ3n) is 2.77.